The molecule has 0 aliphatic heterocycles. The lowest BCUT2D eigenvalue weighted by Gasteiger charge is -2.35. The van der Waals surface area contributed by atoms with Crippen molar-refractivity contribution in [2.45, 2.75) is 65.5 Å². The van der Waals surface area contributed by atoms with E-state index in [0.717, 1.165) is 18.8 Å². The molecule has 1 rings (SSSR count). The minimum atomic E-state index is -0.210. The zero-order valence-electron chi connectivity index (χ0n) is 13.1. The van der Waals surface area contributed by atoms with Crippen LogP contribution in [-0.4, -0.2) is 32.2 Å². The SMILES string of the molecule is C=C1CCC(C(C)C)CC1OC(C)OC(C)COC. The fourth-order valence-corrected chi connectivity index (χ4v) is 2.71. The topological polar surface area (TPSA) is 27.7 Å². The molecule has 0 heterocycles. The molecule has 1 aliphatic carbocycles. The van der Waals surface area contributed by atoms with Crippen LogP contribution in [0.4, 0.5) is 0 Å². The number of ether oxygens (including phenoxy) is 3. The quantitative estimate of drug-likeness (QED) is 0.520. The first-order valence-electron chi connectivity index (χ1n) is 7.41. The van der Waals surface area contributed by atoms with E-state index in [9.17, 15) is 0 Å². The maximum absolute atomic E-state index is 6.02. The summed E-state index contributed by atoms with van der Waals surface area (Å²) < 4.78 is 16.8. The number of rotatable bonds is 7. The van der Waals surface area contributed by atoms with Crippen LogP contribution >= 0.6 is 0 Å². The van der Waals surface area contributed by atoms with Crippen LogP contribution in [0.15, 0.2) is 12.2 Å². The molecule has 4 unspecified atom stereocenters. The molecule has 0 radical (unpaired) electrons. The Morgan fingerprint density at radius 2 is 1.95 bits per heavy atom. The molecule has 0 aromatic rings. The summed E-state index contributed by atoms with van der Waals surface area (Å²) in [5.74, 6) is 1.45. The highest BCUT2D eigenvalue weighted by molar-refractivity contribution is 5.07. The van der Waals surface area contributed by atoms with E-state index in [1.165, 1.54) is 12.0 Å². The van der Waals surface area contributed by atoms with Gasteiger partial charge in [0.1, 0.15) is 0 Å². The van der Waals surface area contributed by atoms with Crippen LogP contribution < -0.4 is 0 Å². The summed E-state index contributed by atoms with van der Waals surface area (Å²) in [4.78, 5) is 0. The van der Waals surface area contributed by atoms with E-state index in [-0.39, 0.29) is 18.5 Å². The summed E-state index contributed by atoms with van der Waals surface area (Å²) >= 11 is 0. The Labute approximate surface area is 118 Å². The summed E-state index contributed by atoms with van der Waals surface area (Å²) in [6.07, 6.45) is 3.38. The van der Waals surface area contributed by atoms with Gasteiger partial charge in [-0.05, 0) is 50.5 Å². The van der Waals surface area contributed by atoms with Gasteiger partial charge in [-0.25, -0.2) is 0 Å². The fraction of sp³-hybridized carbons (Fsp3) is 0.875. The second-order valence-corrected chi connectivity index (χ2v) is 6.03. The van der Waals surface area contributed by atoms with Crippen molar-refractivity contribution < 1.29 is 14.2 Å². The summed E-state index contributed by atoms with van der Waals surface area (Å²) in [6.45, 7) is 13.3. The first-order chi connectivity index (χ1) is 8.93. The van der Waals surface area contributed by atoms with Gasteiger partial charge in [0.15, 0.2) is 6.29 Å². The second kappa shape index (κ2) is 8.03. The van der Waals surface area contributed by atoms with E-state index >= 15 is 0 Å². The van der Waals surface area contributed by atoms with Crippen molar-refractivity contribution in [2.24, 2.45) is 11.8 Å². The molecule has 1 saturated carbocycles. The monoisotopic (exact) mass is 270 g/mol. The Balaban J connectivity index is 2.42. The van der Waals surface area contributed by atoms with Crippen LogP contribution in [0.1, 0.15) is 47.0 Å². The fourth-order valence-electron chi connectivity index (χ4n) is 2.71. The van der Waals surface area contributed by atoms with Gasteiger partial charge in [-0.3, -0.25) is 0 Å². The molecule has 0 spiro atoms. The van der Waals surface area contributed by atoms with Crippen LogP contribution in [0.25, 0.3) is 0 Å². The van der Waals surface area contributed by atoms with E-state index in [0.29, 0.717) is 12.5 Å². The van der Waals surface area contributed by atoms with Gasteiger partial charge in [-0.15, -0.1) is 0 Å². The highest BCUT2D eigenvalue weighted by atomic mass is 16.7. The van der Waals surface area contributed by atoms with Gasteiger partial charge in [0.25, 0.3) is 0 Å². The van der Waals surface area contributed by atoms with Crippen LogP contribution in [0, 0.1) is 11.8 Å². The van der Waals surface area contributed by atoms with E-state index in [2.05, 4.69) is 20.4 Å². The molecular formula is C16H30O3. The molecule has 0 N–H and O–H groups in total. The second-order valence-electron chi connectivity index (χ2n) is 6.03. The predicted octanol–water partition coefficient (Wildman–Crippen LogP) is 3.78. The molecule has 0 saturated heterocycles. The molecule has 4 atom stereocenters. The average Bonchev–Trinajstić information content (AvgIpc) is 2.31. The van der Waals surface area contributed by atoms with Gasteiger partial charge < -0.3 is 14.2 Å². The summed E-state index contributed by atoms with van der Waals surface area (Å²) in [5.41, 5.74) is 1.21. The van der Waals surface area contributed by atoms with Gasteiger partial charge in [0.05, 0.1) is 18.8 Å². The first kappa shape index (κ1) is 16.7. The lowest BCUT2D eigenvalue weighted by molar-refractivity contribution is -0.187. The largest absolute Gasteiger partial charge is 0.382 e. The molecule has 0 bridgehead atoms. The van der Waals surface area contributed by atoms with Crippen LogP contribution in [0.2, 0.25) is 0 Å². The Hall–Kier alpha value is -0.380. The zero-order valence-corrected chi connectivity index (χ0v) is 13.1. The smallest absolute Gasteiger partial charge is 0.156 e. The molecule has 1 aliphatic rings. The van der Waals surface area contributed by atoms with Crippen LogP contribution in [-0.2, 0) is 14.2 Å². The molecule has 112 valence electrons. The Kier molecular flexibility index (Phi) is 7.05. The maximum atomic E-state index is 6.02. The van der Waals surface area contributed by atoms with Crippen molar-refractivity contribution in [2.75, 3.05) is 13.7 Å². The Morgan fingerprint density at radius 1 is 1.26 bits per heavy atom. The molecule has 3 nitrogen and oxygen atoms in total. The normalized spacial score (nSPS) is 27.6. The summed E-state index contributed by atoms with van der Waals surface area (Å²) in [5, 5.41) is 0. The Morgan fingerprint density at radius 3 is 2.53 bits per heavy atom. The average molecular weight is 270 g/mol. The highest BCUT2D eigenvalue weighted by Crippen LogP contribution is 2.34. The molecule has 0 aromatic heterocycles. The molecule has 0 aromatic carbocycles. The molecule has 3 heteroatoms. The third-order valence-corrected chi connectivity index (χ3v) is 3.93. The third-order valence-electron chi connectivity index (χ3n) is 3.93. The van der Waals surface area contributed by atoms with Crippen LogP contribution in [0.5, 0.6) is 0 Å². The van der Waals surface area contributed by atoms with E-state index < -0.39 is 0 Å². The van der Waals surface area contributed by atoms with Crippen molar-refractivity contribution in [3.05, 3.63) is 12.2 Å². The third kappa shape index (κ3) is 5.64. The number of hydrogen-bond acceptors (Lipinski definition) is 3. The van der Waals surface area contributed by atoms with Crippen molar-refractivity contribution in [3.63, 3.8) is 0 Å². The number of methoxy groups -OCH3 is 1. The molecular weight excluding hydrogens is 240 g/mol. The van der Waals surface area contributed by atoms with Crippen molar-refractivity contribution in [1.82, 2.24) is 0 Å². The summed E-state index contributed by atoms with van der Waals surface area (Å²) in [7, 11) is 1.68. The minimum absolute atomic E-state index is 0.0535. The lowest BCUT2D eigenvalue weighted by Crippen LogP contribution is -2.33. The van der Waals surface area contributed by atoms with Gasteiger partial charge in [-0.1, -0.05) is 20.4 Å². The molecule has 1 fully saturated rings. The molecule has 19 heavy (non-hydrogen) atoms. The van der Waals surface area contributed by atoms with E-state index in [4.69, 9.17) is 14.2 Å². The predicted molar refractivity (Wildman–Crippen MR) is 78.1 cm³/mol. The standard InChI is InChI=1S/C16H30O3/c1-11(2)15-8-7-12(3)16(9-15)19-14(5)18-13(4)10-17-6/h11,13-16H,3,7-10H2,1-2,4-6H3. The lowest BCUT2D eigenvalue weighted by atomic mass is 9.78. The van der Waals surface area contributed by atoms with Crippen molar-refractivity contribution in [1.29, 1.82) is 0 Å². The zero-order chi connectivity index (χ0) is 14.4. The van der Waals surface area contributed by atoms with E-state index in [1.807, 2.05) is 13.8 Å². The van der Waals surface area contributed by atoms with Crippen molar-refractivity contribution in [3.8, 4) is 0 Å². The number of hydrogen-bond donors (Lipinski definition) is 0. The van der Waals surface area contributed by atoms with Gasteiger partial charge in [0, 0.05) is 7.11 Å². The van der Waals surface area contributed by atoms with Crippen LogP contribution in [0.3, 0.4) is 0 Å². The van der Waals surface area contributed by atoms with Gasteiger partial charge in [0.2, 0.25) is 0 Å². The molecule has 0 amide bonds. The first-order valence-corrected chi connectivity index (χ1v) is 7.41. The summed E-state index contributed by atoms with van der Waals surface area (Å²) in [6, 6.07) is 0. The van der Waals surface area contributed by atoms with E-state index in [1.54, 1.807) is 7.11 Å². The van der Waals surface area contributed by atoms with Gasteiger partial charge >= 0.3 is 0 Å². The van der Waals surface area contributed by atoms with Crippen molar-refractivity contribution >= 4 is 0 Å². The minimum Gasteiger partial charge on any atom is -0.382 e. The maximum Gasteiger partial charge on any atom is 0.156 e. The van der Waals surface area contributed by atoms with Gasteiger partial charge in [-0.2, -0.15) is 0 Å². The highest BCUT2D eigenvalue weighted by Gasteiger charge is 2.28. The Bertz CT molecular complexity index is 275.